The summed E-state index contributed by atoms with van der Waals surface area (Å²) in [6, 6.07) is 0. The molecule has 0 spiro atoms. The predicted octanol–water partition coefficient (Wildman–Crippen LogP) is 3.75. The molecule has 0 radical (unpaired) electrons. The van der Waals surface area contributed by atoms with Crippen LogP contribution < -0.4 is 0 Å². The molecule has 0 unspecified atom stereocenters. The lowest BCUT2D eigenvalue weighted by Crippen LogP contribution is -2.03. The van der Waals surface area contributed by atoms with E-state index in [1.54, 1.807) is 12.5 Å². The van der Waals surface area contributed by atoms with Crippen molar-refractivity contribution in [3.63, 3.8) is 0 Å². The largest absolute Gasteiger partial charge is 0.494 e. The van der Waals surface area contributed by atoms with Gasteiger partial charge >= 0.3 is 0 Å². The quantitative estimate of drug-likeness (QED) is 0.571. The van der Waals surface area contributed by atoms with E-state index in [2.05, 4.69) is 22.0 Å². The third kappa shape index (κ3) is 3.66. The molecule has 2 aliphatic rings. The molecule has 4 heteroatoms. The van der Waals surface area contributed by atoms with Crippen LogP contribution in [-0.4, -0.2) is 11.9 Å². The maximum atomic E-state index is 5.66. The molecule has 0 amide bonds. The van der Waals surface area contributed by atoms with Gasteiger partial charge in [-0.2, -0.15) is 0 Å². The summed E-state index contributed by atoms with van der Waals surface area (Å²) in [4.78, 5) is 0. The van der Waals surface area contributed by atoms with E-state index in [1.807, 2.05) is 6.08 Å². The van der Waals surface area contributed by atoms with E-state index in [0.29, 0.717) is 0 Å². The highest BCUT2D eigenvalue weighted by Crippen LogP contribution is 2.26. The zero-order chi connectivity index (χ0) is 11.9. The number of rotatable bonds is 5. The smallest absolute Gasteiger partial charge is 0.164 e. The number of hydrogen-bond donors (Lipinski definition) is 0. The number of alkyl halides is 1. The van der Waals surface area contributed by atoms with Crippen molar-refractivity contribution < 1.29 is 14.2 Å². The first-order valence-electron chi connectivity index (χ1n) is 5.67. The van der Waals surface area contributed by atoms with Crippen molar-refractivity contribution in [1.82, 2.24) is 0 Å². The van der Waals surface area contributed by atoms with Gasteiger partial charge in [0, 0.05) is 10.9 Å². The summed E-state index contributed by atoms with van der Waals surface area (Å²) >= 11 is 3.38. The van der Waals surface area contributed by atoms with Gasteiger partial charge in [0.05, 0.1) is 6.61 Å². The highest BCUT2D eigenvalue weighted by atomic mass is 79.9. The molecule has 0 fully saturated rings. The zero-order valence-corrected chi connectivity index (χ0v) is 11.1. The van der Waals surface area contributed by atoms with E-state index in [9.17, 15) is 0 Å². The van der Waals surface area contributed by atoms with E-state index in [-0.39, 0.29) is 0 Å². The van der Waals surface area contributed by atoms with Crippen molar-refractivity contribution in [2.45, 2.75) is 19.3 Å². The van der Waals surface area contributed by atoms with Crippen LogP contribution in [0.2, 0.25) is 0 Å². The molecule has 2 rings (SSSR count). The fourth-order valence-corrected chi connectivity index (χ4v) is 1.85. The maximum absolute atomic E-state index is 5.66. The highest BCUT2D eigenvalue weighted by molar-refractivity contribution is 9.09. The molecule has 1 heterocycles. The lowest BCUT2D eigenvalue weighted by molar-refractivity contribution is 0.221. The van der Waals surface area contributed by atoms with Gasteiger partial charge in [-0.1, -0.05) is 15.9 Å². The molecule has 0 aromatic rings. The SMILES string of the molecule is BrCCCOC1=CCCC(C2=COC=CO2)=C1. The van der Waals surface area contributed by atoms with Gasteiger partial charge in [-0.15, -0.1) is 0 Å². The summed E-state index contributed by atoms with van der Waals surface area (Å²) in [5.74, 6) is 1.69. The minimum atomic E-state index is 0.733. The molecule has 92 valence electrons. The van der Waals surface area contributed by atoms with Gasteiger partial charge in [0.25, 0.3) is 0 Å². The second kappa shape index (κ2) is 6.55. The first-order chi connectivity index (χ1) is 8.40. The minimum absolute atomic E-state index is 0.733. The molecule has 1 aliphatic carbocycles. The summed E-state index contributed by atoms with van der Waals surface area (Å²) in [6.07, 6.45) is 11.7. The van der Waals surface area contributed by atoms with Crippen molar-refractivity contribution in [1.29, 1.82) is 0 Å². The van der Waals surface area contributed by atoms with Crippen molar-refractivity contribution in [2.75, 3.05) is 11.9 Å². The minimum Gasteiger partial charge on any atom is -0.494 e. The van der Waals surface area contributed by atoms with Crippen LogP contribution in [-0.2, 0) is 14.2 Å². The Morgan fingerprint density at radius 1 is 1.35 bits per heavy atom. The molecule has 0 saturated carbocycles. The van der Waals surface area contributed by atoms with Crippen LogP contribution >= 0.6 is 15.9 Å². The van der Waals surface area contributed by atoms with Gasteiger partial charge in [-0.25, -0.2) is 0 Å². The molecule has 3 nitrogen and oxygen atoms in total. The Kier molecular flexibility index (Phi) is 4.74. The molecule has 0 atom stereocenters. The Hall–Kier alpha value is -1.16. The molecular formula is C13H15BrO3. The lowest BCUT2D eigenvalue weighted by Gasteiger charge is -2.17. The normalized spacial score (nSPS) is 18.5. The molecule has 0 saturated heterocycles. The Morgan fingerprint density at radius 2 is 2.29 bits per heavy atom. The van der Waals surface area contributed by atoms with Crippen LogP contribution in [0.15, 0.2) is 48.0 Å². The van der Waals surface area contributed by atoms with Gasteiger partial charge in [0.1, 0.15) is 24.5 Å². The van der Waals surface area contributed by atoms with Crippen LogP contribution in [0.3, 0.4) is 0 Å². The summed E-state index contributed by atoms with van der Waals surface area (Å²) in [6.45, 7) is 0.733. The Balaban J connectivity index is 1.94. The van der Waals surface area contributed by atoms with E-state index in [1.165, 1.54) is 6.26 Å². The Morgan fingerprint density at radius 3 is 3.06 bits per heavy atom. The van der Waals surface area contributed by atoms with Gasteiger partial charge in [0.15, 0.2) is 5.76 Å². The van der Waals surface area contributed by atoms with Gasteiger partial charge in [0.2, 0.25) is 0 Å². The lowest BCUT2D eigenvalue weighted by atomic mass is 10.0. The van der Waals surface area contributed by atoms with Crippen molar-refractivity contribution in [3.05, 3.63) is 48.0 Å². The van der Waals surface area contributed by atoms with Crippen molar-refractivity contribution in [2.24, 2.45) is 0 Å². The number of halogens is 1. The van der Waals surface area contributed by atoms with E-state index in [0.717, 1.165) is 48.3 Å². The molecule has 0 bridgehead atoms. The average molecular weight is 299 g/mol. The topological polar surface area (TPSA) is 27.7 Å². The van der Waals surface area contributed by atoms with Crippen LogP contribution in [0.5, 0.6) is 0 Å². The second-order valence-corrected chi connectivity index (χ2v) is 4.51. The van der Waals surface area contributed by atoms with E-state index in [4.69, 9.17) is 14.2 Å². The van der Waals surface area contributed by atoms with Crippen LogP contribution in [0.25, 0.3) is 0 Å². The highest BCUT2D eigenvalue weighted by Gasteiger charge is 2.13. The second-order valence-electron chi connectivity index (χ2n) is 3.71. The van der Waals surface area contributed by atoms with E-state index >= 15 is 0 Å². The zero-order valence-electron chi connectivity index (χ0n) is 9.52. The fourth-order valence-electron chi connectivity index (χ4n) is 1.63. The average Bonchev–Trinajstić information content (AvgIpc) is 2.41. The molecular weight excluding hydrogens is 284 g/mol. The summed E-state index contributed by atoms with van der Waals surface area (Å²) in [7, 11) is 0. The van der Waals surface area contributed by atoms with Crippen LogP contribution in [0.1, 0.15) is 19.3 Å². The fraction of sp³-hybridized carbons (Fsp3) is 0.385. The number of allylic oxidation sites excluding steroid dienone is 3. The molecule has 1 aliphatic heterocycles. The molecule has 17 heavy (non-hydrogen) atoms. The summed E-state index contributed by atoms with van der Waals surface area (Å²) in [5.41, 5.74) is 1.12. The van der Waals surface area contributed by atoms with Crippen LogP contribution in [0, 0.1) is 0 Å². The van der Waals surface area contributed by atoms with Gasteiger partial charge < -0.3 is 14.2 Å². The van der Waals surface area contributed by atoms with E-state index < -0.39 is 0 Å². The standard InChI is InChI=1S/C13H15BrO3/c14-5-2-6-16-12-4-1-3-11(9-12)13-10-15-7-8-17-13/h4,7-10H,1-3,5-6H2. The third-order valence-electron chi connectivity index (χ3n) is 2.44. The first kappa shape index (κ1) is 12.3. The Labute approximate surface area is 110 Å². The number of hydrogen-bond acceptors (Lipinski definition) is 3. The molecule has 0 N–H and O–H groups in total. The number of ether oxygens (including phenoxy) is 3. The monoisotopic (exact) mass is 298 g/mol. The van der Waals surface area contributed by atoms with Crippen molar-refractivity contribution in [3.8, 4) is 0 Å². The molecule has 0 aromatic carbocycles. The third-order valence-corrected chi connectivity index (χ3v) is 3.00. The first-order valence-corrected chi connectivity index (χ1v) is 6.79. The molecule has 0 aromatic heterocycles. The van der Waals surface area contributed by atoms with Gasteiger partial charge in [-0.05, 0) is 31.4 Å². The summed E-state index contributed by atoms with van der Waals surface area (Å²) < 4.78 is 16.1. The summed E-state index contributed by atoms with van der Waals surface area (Å²) in [5, 5.41) is 0.962. The van der Waals surface area contributed by atoms with Gasteiger partial charge in [-0.3, -0.25) is 0 Å². The predicted molar refractivity (Wildman–Crippen MR) is 69.2 cm³/mol. The van der Waals surface area contributed by atoms with Crippen LogP contribution in [0.4, 0.5) is 0 Å². The van der Waals surface area contributed by atoms with Crippen molar-refractivity contribution >= 4 is 15.9 Å². The maximum Gasteiger partial charge on any atom is 0.164 e. The Bertz CT molecular complexity index is 380.